The standard InChI is InChI=1S/C27H32O3/c1-20-17-23(18-21(2)26(20)30-28-5)27(3,4)16-10-12-22-11-9-15-25(19-22)29-24-13-7-6-8-14-24/h6-9,11,13-15,17-19H,10,12,16H2,1-5H3. The molecular formula is C27H32O3. The largest absolute Gasteiger partial charge is 0.457 e. The number of benzene rings is 3. The lowest BCUT2D eigenvalue weighted by Gasteiger charge is -2.27. The molecule has 3 heteroatoms. The van der Waals surface area contributed by atoms with E-state index in [2.05, 4.69) is 58.0 Å². The lowest BCUT2D eigenvalue weighted by molar-refractivity contribution is -0.179. The minimum Gasteiger partial charge on any atom is -0.457 e. The highest BCUT2D eigenvalue weighted by Crippen LogP contribution is 2.34. The molecule has 3 aromatic rings. The summed E-state index contributed by atoms with van der Waals surface area (Å²) < 4.78 is 5.97. The molecule has 0 saturated heterocycles. The Bertz CT molecular complexity index is 938. The van der Waals surface area contributed by atoms with Crippen LogP contribution >= 0.6 is 0 Å². The third kappa shape index (κ3) is 5.64. The van der Waals surface area contributed by atoms with Crippen molar-refractivity contribution in [2.45, 2.75) is 52.4 Å². The Labute approximate surface area is 180 Å². The van der Waals surface area contributed by atoms with E-state index in [4.69, 9.17) is 14.5 Å². The van der Waals surface area contributed by atoms with E-state index in [0.717, 1.165) is 47.6 Å². The molecule has 0 atom stereocenters. The van der Waals surface area contributed by atoms with Crippen molar-refractivity contribution in [2.24, 2.45) is 0 Å². The topological polar surface area (TPSA) is 27.7 Å². The highest BCUT2D eigenvalue weighted by molar-refractivity contribution is 5.45. The van der Waals surface area contributed by atoms with Crippen LogP contribution in [0.5, 0.6) is 17.2 Å². The summed E-state index contributed by atoms with van der Waals surface area (Å²) in [4.78, 5) is 10.2. The molecule has 0 saturated carbocycles. The molecule has 0 amide bonds. The summed E-state index contributed by atoms with van der Waals surface area (Å²) in [6, 6.07) is 22.7. The van der Waals surface area contributed by atoms with E-state index in [1.807, 2.05) is 36.4 Å². The van der Waals surface area contributed by atoms with Crippen LogP contribution in [0.4, 0.5) is 0 Å². The number of hydrogen-bond donors (Lipinski definition) is 0. The van der Waals surface area contributed by atoms with Gasteiger partial charge in [-0.05, 0) is 85.0 Å². The second-order valence-electron chi connectivity index (χ2n) is 8.49. The SMILES string of the molecule is COOc1c(C)cc(C(C)(C)CCCc2cccc(Oc3ccccc3)c2)cc1C. The maximum Gasteiger partial charge on any atom is 0.171 e. The van der Waals surface area contributed by atoms with Crippen LogP contribution in [0.15, 0.2) is 66.7 Å². The molecule has 3 rings (SSSR count). The zero-order chi connectivity index (χ0) is 21.6. The van der Waals surface area contributed by atoms with Crippen molar-refractivity contribution in [1.29, 1.82) is 0 Å². The van der Waals surface area contributed by atoms with Crippen LogP contribution < -0.4 is 9.62 Å². The Balaban J connectivity index is 1.62. The average molecular weight is 405 g/mol. The van der Waals surface area contributed by atoms with Gasteiger partial charge < -0.3 is 9.62 Å². The molecule has 3 aromatic carbocycles. The van der Waals surface area contributed by atoms with Crippen molar-refractivity contribution in [2.75, 3.05) is 7.11 Å². The predicted molar refractivity (Wildman–Crippen MR) is 122 cm³/mol. The van der Waals surface area contributed by atoms with Gasteiger partial charge in [0.2, 0.25) is 0 Å². The zero-order valence-corrected chi connectivity index (χ0v) is 18.7. The van der Waals surface area contributed by atoms with Crippen molar-refractivity contribution >= 4 is 0 Å². The molecule has 0 unspecified atom stereocenters. The predicted octanol–water partition coefficient (Wildman–Crippen LogP) is 7.34. The van der Waals surface area contributed by atoms with Crippen molar-refractivity contribution in [3.63, 3.8) is 0 Å². The van der Waals surface area contributed by atoms with Gasteiger partial charge in [-0.1, -0.05) is 56.3 Å². The summed E-state index contributed by atoms with van der Waals surface area (Å²) in [5, 5.41) is 0. The quantitative estimate of drug-likeness (QED) is 0.276. The third-order valence-electron chi connectivity index (χ3n) is 5.55. The number of rotatable bonds is 9. The van der Waals surface area contributed by atoms with Gasteiger partial charge in [-0.3, -0.25) is 0 Å². The molecule has 0 spiro atoms. The summed E-state index contributed by atoms with van der Waals surface area (Å²) in [6.07, 6.45) is 3.23. The first-order valence-electron chi connectivity index (χ1n) is 10.5. The van der Waals surface area contributed by atoms with Gasteiger partial charge in [-0.25, -0.2) is 0 Å². The average Bonchev–Trinajstić information content (AvgIpc) is 2.71. The van der Waals surface area contributed by atoms with E-state index in [0.29, 0.717) is 0 Å². The van der Waals surface area contributed by atoms with Gasteiger partial charge in [0.25, 0.3) is 0 Å². The van der Waals surface area contributed by atoms with E-state index < -0.39 is 0 Å². The smallest absolute Gasteiger partial charge is 0.171 e. The van der Waals surface area contributed by atoms with Crippen LogP contribution in [-0.4, -0.2) is 7.11 Å². The maximum absolute atomic E-state index is 5.97. The highest BCUT2D eigenvalue weighted by Gasteiger charge is 2.22. The molecule has 0 fully saturated rings. The molecule has 0 N–H and O–H groups in total. The Morgan fingerprint density at radius 2 is 1.47 bits per heavy atom. The summed E-state index contributed by atoms with van der Waals surface area (Å²) in [6.45, 7) is 8.76. The fourth-order valence-electron chi connectivity index (χ4n) is 3.82. The van der Waals surface area contributed by atoms with E-state index in [9.17, 15) is 0 Å². The van der Waals surface area contributed by atoms with Gasteiger partial charge in [0.15, 0.2) is 5.75 Å². The van der Waals surface area contributed by atoms with Gasteiger partial charge >= 0.3 is 0 Å². The van der Waals surface area contributed by atoms with Crippen molar-refractivity contribution < 1.29 is 14.5 Å². The van der Waals surface area contributed by atoms with Crippen LogP contribution in [0.3, 0.4) is 0 Å². The Hall–Kier alpha value is -2.78. The molecule has 0 aromatic heterocycles. The lowest BCUT2D eigenvalue weighted by atomic mass is 9.78. The van der Waals surface area contributed by atoms with Crippen LogP contribution in [0.1, 0.15) is 48.9 Å². The van der Waals surface area contributed by atoms with Gasteiger partial charge in [-0.15, -0.1) is 0 Å². The van der Waals surface area contributed by atoms with Crippen LogP contribution in [0.2, 0.25) is 0 Å². The molecule has 30 heavy (non-hydrogen) atoms. The molecule has 3 nitrogen and oxygen atoms in total. The van der Waals surface area contributed by atoms with Gasteiger partial charge in [-0.2, -0.15) is 4.89 Å². The summed E-state index contributed by atoms with van der Waals surface area (Å²) >= 11 is 0. The molecule has 0 aliphatic rings. The van der Waals surface area contributed by atoms with Crippen molar-refractivity contribution in [3.8, 4) is 17.2 Å². The van der Waals surface area contributed by atoms with E-state index >= 15 is 0 Å². The fraction of sp³-hybridized carbons (Fsp3) is 0.333. The van der Waals surface area contributed by atoms with Crippen LogP contribution in [0, 0.1) is 13.8 Å². The Morgan fingerprint density at radius 3 is 2.13 bits per heavy atom. The first-order chi connectivity index (χ1) is 14.4. The monoisotopic (exact) mass is 404 g/mol. The number of aryl methyl sites for hydroxylation is 3. The molecule has 158 valence electrons. The Morgan fingerprint density at radius 1 is 0.800 bits per heavy atom. The minimum atomic E-state index is 0.0826. The normalized spacial score (nSPS) is 11.4. The van der Waals surface area contributed by atoms with Crippen molar-refractivity contribution in [1.82, 2.24) is 0 Å². The molecule has 0 heterocycles. The zero-order valence-electron chi connectivity index (χ0n) is 18.7. The van der Waals surface area contributed by atoms with E-state index in [1.165, 1.54) is 18.2 Å². The second-order valence-corrected chi connectivity index (χ2v) is 8.49. The van der Waals surface area contributed by atoms with E-state index in [1.54, 1.807) is 0 Å². The van der Waals surface area contributed by atoms with Crippen LogP contribution in [-0.2, 0) is 16.7 Å². The van der Waals surface area contributed by atoms with Crippen molar-refractivity contribution in [3.05, 3.63) is 89.0 Å². The summed E-state index contributed by atoms with van der Waals surface area (Å²) in [5.41, 5.74) is 4.92. The first-order valence-corrected chi connectivity index (χ1v) is 10.5. The molecule has 0 radical (unpaired) electrons. The number of ether oxygens (including phenoxy) is 1. The second kappa shape index (κ2) is 9.82. The third-order valence-corrected chi connectivity index (χ3v) is 5.55. The molecule has 0 bridgehead atoms. The number of para-hydroxylation sites is 1. The fourth-order valence-corrected chi connectivity index (χ4v) is 3.82. The highest BCUT2D eigenvalue weighted by atomic mass is 17.2. The minimum absolute atomic E-state index is 0.0826. The first kappa shape index (κ1) is 21.9. The molecule has 0 aliphatic heterocycles. The summed E-state index contributed by atoms with van der Waals surface area (Å²) in [7, 11) is 1.54. The molecular weight excluding hydrogens is 372 g/mol. The van der Waals surface area contributed by atoms with Gasteiger partial charge in [0.1, 0.15) is 11.5 Å². The van der Waals surface area contributed by atoms with Crippen LogP contribution in [0.25, 0.3) is 0 Å². The van der Waals surface area contributed by atoms with Gasteiger partial charge in [0, 0.05) is 0 Å². The number of hydrogen-bond acceptors (Lipinski definition) is 3. The maximum atomic E-state index is 5.97. The summed E-state index contributed by atoms with van der Waals surface area (Å²) in [5.74, 6) is 2.56. The molecule has 0 aliphatic carbocycles. The van der Waals surface area contributed by atoms with Gasteiger partial charge in [0.05, 0.1) is 7.11 Å². The lowest BCUT2D eigenvalue weighted by Crippen LogP contribution is -2.18. The van der Waals surface area contributed by atoms with E-state index in [-0.39, 0.29) is 5.41 Å². The Kier molecular flexibility index (Phi) is 7.17.